The van der Waals surface area contributed by atoms with Crippen LogP contribution in [0.15, 0.2) is 47.4 Å². The lowest BCUT2D eigenvalue weighted by Gasteiger charge is -2.35. The Balaban J connectivity index is 1.50. The van der Waals surface area contributed by atoms with E-state index in [1.54, 1.807) is 18.2 Å². The van der Waals surface area contributed by atoms with Gasteiger partial charge in [-0.2, -0.15) is 0 Å². The molecule has 7 heteroatoms. The monoisotopic (exact) mass is 423 g/mol. The zero-order chi connectivity index (χ0) is 19.2. The molecule has 27 heavy (non-hydrogen) atoms. The summed E-state index contributed by atoms with van der Waals surface area (Å²) in [6, 6.07) is 13.3. The molecule has 2 aromatic rings. The van der Waals surface area contributed by atoms with Crippen LogP contribution in [0, 0.1) is 0 Å². The zero-order valence-electron chi connectivity index (χ0n) is 15.3. The molecular formula is C20H23Cl2N3OS. The molecule has 1 saturated heterocycles. The molecule has 1 amide bonds. The van der Waals surface area contributed by atoms with Crippen LogP contribution in [0.25, 0.3) is 0 Å². The Bertz CT molecular complexity index is 777. The van der Waals surface area contributed by atoms with Crippen LogP contribution in [0.4, 0.5) is 11.4 Å². The van der Waals surface area contributed by atoms with Crippen LogP contribution in [-0.4, -0.2) is 49.3 Å². The normalized spacial score (nSPS) is 15.0. The largest absolute Gasteiger partial charge is 0.369 e. The molecule has 1 fully saturated rings. The Hall–Kier alpha value is -1.40. The third-order valence-corrected chi connectivity index (χ3v) is 6.32. The van der Waals surface area contributed by atoms with Crippen molar-refractivity contribution in [3.8, 4) is 0 Å². The average Bonchev–Trinajstić information content (AvgIpc) is 2.69. The summed E-state index contributed by atoms with van der Waals surface area (Å²) >= 11 is 13.5. The fourth-order valence-corrected chi connectivity index (χ4v) is 4.30. The minimum absolute atomic E-state index is 0.0691. The highest BCUT2D eigenvalue weighted by atomic mass is 35.5. The Labute approximate surface area is 174 Å². The van der Waals surface area contributed by atoms with Gasteiger partial charge in [0.05, 0.1) is 10.8 Å². The molecule has 0 aromatic heterocycles. The number of rotatable bonds is 6. The zero-order valence-corrected chi connectivity index (χ0v) is 17.6. The van der Waals surface area contributed by atoms with E-state index in [0.29, 0.717) is 10.0 Å². The molecule has 0 unspecified atom stereocenters. The third kappa shape index (κ3) is 5.79. The lowest BCUT2D eigenvalue weighted by Crippen LogP contribution is -2.46. The molecule has 1 aliphatic rings. The van der Waals surface area contributed by atoms with Gasteiger partial charge in [-0.3, -0.25) is 4.79 Å². The summed E-state index contributed by atoms with van der Waals surface area (Å²) in [5.74, 6) is 0.209. The van der Waals surface area contributed by atoms with Crippen molar-refractivity contribution in [3.05, 3.63) is 52.5 Å². The molecule has 144 valence electrons. The Morgan fingerprint density at radius 1 is 1.07 bits per heavy atom. The van der Waals surface area contributed by atoms with Crippen molar-refractivity contribution in [2.75, 3.05) is 48.7 Å². The number of nitrogens with zero attached hydrogens (tertiary/aromatic N) is 2. The molecule has 0 spiro atoms. The average molecular weight is 424 g/mol. The van der Waals surface area contributed by atoms with Crippen LogP contribution in [-0.2, 0) is 4.79 Å². The number of piperazine rings is 1. The van der Waals surface area contributed by atoms with Gasteiger partial charge in [-0.05, 0) is 49.0 Å². The summed E-state index contributed by atoms with van der Waals surface area (Å²) in [5.41, 5.74) is 2.00. The number of carbonyl (C=O) groups is 1. The lowest BCUT2D eigenvalue weighted by atomic mass is 10.2. The van der Waals surface area contributed by atoms with Crippen LogP contribution in [0.3, 0.4) is 0 Å². The van der Waals surface area contributed by atoms with Gasteiger partial charge in [0, 0.05) is 47.5 Å². The van der Waals surface area contributed by atoms with Gasteiger partial charge < -0.3 is 15.1 Å². The fourth-order valence-electron chi connectivity index (χ4n) is 3.01. The Morgan fingerprint density at radius 3 is 2.44 bits per heavy atom. The van der Waals surface area contributed by atoms with Gasteiger partial charge in [0.1, 0.15) is 0 Å². The first kappa shape index (κ1) is 20.3. The molecule has 0 aliphatic carbocycles. The lowest BCUT2D eigenvalue weighted by molar-refractivity contribution is -0.113. The fraction of sp³-hybridized carbons (Fsp3) is 0.350. The molecule has 0 radical (unpaired) electrons. The summed E-state index contributed by atoms with van der Waals surface area (Å²) in [4.78, 5) is 17.9. The number of benzene rings is 2. The van der Waals surface area contributed by atoms with E-state index in [2.05, 4.69) is 34.2 Å². The van der Waals surface area contributed by atoms with E-state index in [-0.39, 0.29) is 11.7 Å². The maximum absolute atomic E-state index is 12.2. The van der Waals surface area contributed by atoms with Gasteiger partial charge in [0.15, 0.2) is 0 Å². The Morgan fingerprint density at radius 2 is 1.78 bits per heavy atom. The van der Waals surface area contributed by atoms with Crippen molar-refractivity contribution in [2.24, 2.45) is 0 Å². The summed E-state index contributed by atoms with van der Waals surface area (Å²) in [6.07, 6.45) is 0. The van der Waals surface area contributed by atoms with Crippen LogP contribution in [0.1, 0.15) is 6.92 Å². The number of anilines is 2. The molecule has 2 aromatic carbocycles. The van der Waals surface area contributed by atoms with E-state index in [4.69, 9.17) is 23.2 Å². The van der Waals surface area contributed by atoms with Crippen molar-refractivity contribution < 1.29 is 4.79 Å². The van der Waals surface area contributed by atoms with Crippen molar-refractivity contribution in [3.63, 3.8) is 0 Å². The van der Waals surface area contributed by atoms with Gasteiger partial charge in [-0.15, -0.1) is 11.8 Å². The first-order chi connectivity index (χ1) is 13.0. The third-order valence-electron chi connectivity index (χ3n) is 4.59. The molecule has 0 saturated carbocycles. The number of carbonyl (C=O) groups excluding carboxylic acids is 1. The van der Waals surface area contributed by atoms with Crippen molar-refractivity contribution in [1.82, 2.24) is 4.90 Å². The molecule has 3 rings (SSSR count). The topological polar surface area (TPSA) is 35.6 Å². The highest BCUT2D eigenvalue weighted by Crippen LogP contribution is 2.30. The van der Waals surface area contributed by atoms with Crippen molar-refractivity contribution >= 4 is 52.2 Å². The molecule has 0 bridgehead atoms. The van der Waals surface area contributed by atoms with E-state index >= 15 is 0 Å². The van der Waals surface area contributed by atoms with Gasteiger partial charge >= 0.3 is 0 Å². The maximum Gasteiger partial charge on any atom is 0.234 e. The standard InChI is InChI=1S/C20H23Cl2N3OS/c1-2-24-9-11-25(12-10-24)17-6-4-16(5-7-17)23-20(26)14-27-19-13-15(21)3-8-18(19)22/h3-8,13H,2,9-12,14H2,1H3,(H,23,26). The number of hydrogen-bond donors (Lipinski definition) is 1. The molecule has 1 aliphatic heterocycles. The van der Waals surface area contributed by atoms with Crippen molar-refractivity contribution in [2.45, 2.75) is 11.8 Å². The highest BCUT2D eigenvalue weighted by molar-refractivity contribution is 8.00. The van der Waals surface area contributed by atoms with Crippen LogP contribution < -0.4 is 10.2 Å². The van der Waals surface area contributed by atoms with E-state index < -0.39 is 0 Å². The molecule has 1 heterocycles. The van der Waals surface area contributed by atoms with Crippen molar-refractivity contribution in [1.29, 1.82) is 0 Å². The summed E-state index contributed by atoms with van der Waals surface area (Å²) in [7, 11) is 0. The van der Waals surface area contributed by atoms with E-state index in [9.17, 15) is 4.79 Å². The predicted octanol–water partition coefficient (Wildman–Crippen LogP) is 4.87. The maximum atomic E-state index is 12.2. The first-order valence-electron chi connectivity index (χ1n) is 9.00. The number of halogens is 2. The van der Waals surface area contributed by atoms with Crippen LogP contribution >= 0.6 is 35.0 Å². The van der Waals surface area contributed by atoms with E-state index in [1.807, 2.05) is 12.1 Å². The van der Waals surface area contributed by atoms with E-state index in [1.165, 1.54) is 17.4 Å². The number of thioether (sulfide) groups is 1. The highest BCUT2D eigenvalue weighted by Gasteiger charge is 2.15. The van der Waals surface area contributed by atoms with Gasteiger partial charge in [-0.1, -0.05) is 30.1 Å². The minimum Gasteiger partial charge on any atom is -0.369 e. The molecule has 0 atom stereocenters. The predicted molar refractivity (Wildman–Crippen MR) is 117 cm³/mol. The second-order valence-electron chi connectivity index (χ2n) is 6.38. The number of nitrogens with one attached hydrogen (secondary N) is 1. The SMILES string of the molecule is CCN1CCN(c2ccc(NC(=O)CSc3cc(Cl)ccc3Cl)cc2)CC1. The second-order valence-corrected chi connectivity index (χ2v) is 8.24. The quantitative estimate of drug-likeness (QED) is 0.672. The smallest absolute Gasteiger partial charge is 0.234 e. The summed E-state index contributed by atoms with van der Waals surface area (Å²) in [5, 5.41) is 4.14. The van der Waals surface area contributed by atoms with Gasteiger partial charge in [0.25, 0.3) is 0 Å². The van der Waals surface area contributed by atoms with Crippen LogP contribution in [0.2, 0.25) is 10.0 Å². The molecule has 4 nitrogen and oxygen atoms in total. The van der Waals surface area contributed by atoms with Gasteiger partial charge in [0.2, 0.25) is 5.91 Å². The summed E-state index contributed by atoms with van der Waals surface area (Å²) in [6.45, 7) is 7.58. The first-order valence-corrected chi connectivity index (χ1v) is 10.7. The molecular weight excluding hydrogens is 401 g/mol. The van der Waals surface area contributed by atoms with Crippen LogP contribution in [0.5, 0.6) is 0 Å². The second kappa shape index (κ2) is 9.69. The molecule has 1 N–H and O–H groups in total. The number of amides is 1. The van der Waals surface area contributed by atoms with Gasteiger partial charge in [-0.25, -0.2) is 0 Å². The number of likely N-dealkylation sites (N-methyl/N-ethyl adjacent to an activating group) is 1. The minimum atomic E-state index is -0.0691. The Kier molecular flexibility index (Phi) is 7.30. The number of hydrogen-bond acceptors (Lipinski definition) is 4. The van der Waals surface area contributed by atoms with E-state index in [0.717, 1.165) is 43.3 Å². The summed E-state index contributed by atoms with van der Waals surface area (Å²) < 4.78 is 0.